The SMILES string of the molecule is CC[C@@H](C)n1[nH]c(=O)c2c1NC(=O)CS[C@H]2c1cccc([N+](=O)[O-])c1. The Morgan fingerprint density at radius 3 is 2.88 bits per heavy atom. The molecule has 0 saturated heterocycles. The number of non-ortho nitro benzene ring substituents is 1. The normalized spacial score (nSPS) is 18.2. The number of hydrogen-bond donors (Lipinski definition) is 2. The molecule has 2 heterocycles. The number of fused-ring (bicyclic) bond motifs is 1. The number of benzene rings is 1. The predicted octanol–water partition coefficient (Wildman–Crippen LogP) is 2.83. The smallest absolute Gasteiger partial charge is 0.270 e. The van der Waals surface area contributed by atoms with E-state index in [1.165, 1.54) is 23.9 Å². The number of nitro benzene ring substituents is 1. The van der Waals surface area contributed by atoms with E-state index in [-0.39, 0.29) is 28.9 Å². The van der Waals surface area contributed by atoms with E-state index in [0.717, 1.165) is 6.42 Å². The number of carbonyl (C=O) groups is 1. The van der Waals surface area contributed by atoms with Gasteiger partial charge < -0.3 is 5.32 Å². The lowest BCUT2D eigenvalue weighted by atomic mass is 10.1. The molecule has 8 nitrogen and oxygen atoms in total. The van der Waals surface area contributed by atoms with Crippen molar-refractivity contribution in [2.75, 3.05) is 11.1 Å². The lowest BCUT2D eigenvalue weighted by molar-refractivity contribution is -0.384. The van der Waals surface area contributed by atoms with E-state index in [2.05, 4.69) is 10.4 Å². The molecule has 25 heavy (non-hydrogen) atoms. The topological polar surface area (TPSA) is 110 Å². The quantitative estimate of drug-likeness (QED) is 0.642. The molecule has 1 aliphatic rings. The minimum atomic E-state index is -0.469. The first kappa shape index (κ1) is 17.3. The van der Waals surface area contributed by atoms with Crippen LogP contribution in [0.25, 0.3) is 0 Å². The third-order valence-corrected chi connectivity index (χ3v) is 5.55. The van der Waals surface area contributed by atoms with Gasteiger partial charge in [-0.1, -0.05) is 19.1 Å². The number of carbonyl (C=O) groups excluding carboxylic acids is 1. The van der Waals surface area contributed by atoms with Crippen LogP contribution in [-0.2, 0) is 4.79 Å². The van der Waals surface area contributed by atoms with Crippen LogP contribution in [0, 0.1) is 10.1 Å². The number of amides is 1. The summed E-state index contributed by atoms with van der Waals surface area (Å²) in [6, 6.07) is 6.20. The first-order valence-corrected chi connectivity index (χ1v) is 8.97. The van der Waals surface area contributed by atoms with Gasteiger partial charge in [0, 0.05) is 18.2 Å². The highest BCUT2D eigenvalue weighted by molar-refractivity contribution is 8.00. The molecule has 0 saturated carbocycles. The number of aromatic nitrogens is 2. The maximum atomic E-state index is 12.6. The van der Waals surface area contributed by atoms with Gasteiger partial charge in [0.2, 0.25) is 5.91 Å². The summed E-state index contributed by atoms with van der Waals surface area (Å²) in [4.78, 5) is 35.3. The van der Waals surface area contributed by atoms with E-state index >= 15 is 0 Å². The van der Waals surface area contributed by atoms with Crippen molar-refractivity contribution in [3.8, 4) is 0 Å². The van der Waals surface area contributed by atoms with E-state index in [4.69, 9.17) is 0 Å². The number of nitrogens with zero attached hydrogens (tertiary/aromatic N) is 2. The number of hydrogen-bond acceptors (Lipinski definition) is 5. The van der Waals surface area contributed by atoms with Gasteiger partial charge in [-0.3, -0.25) is 29.5 Å². The van der Waals surface area contributed by atoms with Gasteiger partial charge in [0.1, 0.15) is 5.82 Å². The number of thioether (sulfide) groups is 1. The minimum Gasteiger partial charge on any atom is -0.310 e. The summed E-state index contributed by atoms with van der Waals surface area (Å²) in [5.74, 6) is 0.420. The summed E-state index contributed by atoms with van der Waals surface area (Å²) < 4.78 is 1.67. The molecule has 0 radical (unpaired) electrons. The number of nitro groups is 1. The first-order chi connectivity index (χ1) is 11.9. The van der Waals surface area contributed by atoms with Crippen LogP contribution in [0.5, 0.6) is 0 Å². The van der Waals surface area contributed by atoms with Crippen molar-refractivity contribution in [3.05, 3.63) is 55.9 Å². The Kier molecular flexibility index (Phi) is 4.67. The summed E-state index contributed by atoms with van der Waals surface area (Å²) in [5.41, 5.74) is 0.725. The highest BCUT2D eigenvalue weighted by atomic mass is 32.2. The largest absolute Gasteiger partial charge is 0.310 e. The summed E-state index contributed by atoms with van der Waals surface area (Å²) in [5, 5.41) is 16.2. The summed E-state index contributed by atoms with van der Waals surface area (Å²) in [7, 11) is 0. The van der Waals surface area contributed by atoms with Crippen LogP contribution in [0.1, 0.15) is 42.7 Å². The van der Waals surface area contributed by atoms with Crippen molar-refractivity contribution in [2.24, 2.45) is 0 Å². The van der Waals surface area contributed by atoms with E-state index in [0.29, 0.717) is 16.9 Å². The molecule has 1 amide bonds. The Labute approximate surface area is 147 Å². The number of aromatic amines is 1. The first-order valence-electron chi connectivity index (χ1n) is 7.92. The molecule has 2 N–H and O–H groups in total. The van der Waals surface area contributed by atoms with Gasteiger partial charge in [-0.2, -0.15) is 0 Å². The van der Waals surface area contributed by atoms with Gasteiger partial charge in [-0.15, -0.1) is 11.8 Å². The number of H-pyrrole nitrogens is 1. The second kappa shape index (κ2) is 6.75. The second-order valence-electron chi connectivity index (χ2n) is 5.92. The van der Waals surface area contributed by atoms with Crippen molar-refractivity contribution in [1.82, 2.24) is 9.78 Å². The van der Waals surface area contributed by atoms with Gasteiger partial charge in [0.05, 0.1) is 21.5 Å². The second-order valence-corrected chi connectivity index (χ2v) is 7.02. The number of nitrogens with one attached hydrogen (secondary N) is 2. The van der Waals surface area contributed by atoms with Gasteiger partial charge in [-0.25, -0.2) is 0 Å². The lowest BCUT2D eigenvalue weighted by Gasteiger charge is -2.16. The van der Waals surface area contributed by atoms with Gasteiger partial charge in [-0.05, 0) is 18.9 Å². The fourth-order valence-electron chi connectivity index (χ4n) is 2.82. The van der Waals surface area contributed by atoms with Crippen LogP contribution in [0.2, 0.25) is 0 Å². The highest BCUT2D eigenvalue weighted by Crippen LogP contribution is 2.41. The molecular formula is C16H18N4O4S. The van der Waals surface area contributed by atoms with E-state index in [1.54, 1.807) is 16.8 Å². The molecule has 0 unspecified atom stereocenters. The molecule has 0 bridgehead atoms. The summed E-state index contributed by atoms with van der Waals surface area (Å²) in [6.07, 6.45) is 0.779. The minimum absolute atomic E-state index is 0.00519. The maximum Gasteiger partial charge on any atom is 0.270 e. The Morgan fingerprint density at radius 1 is 1.44 bits per heavy atom. The summed E-state index contributed by atoms with van der Waals surface area (Å²) in [6.45, 7) is 3.93. The average molecular weight is 362 g/mol. The predicted molar refractivity (Wildman–Crippen MR) is 96.1 cm³/mol. The van der Waals surface area contributed by atoms with Crippen LogP contribution in [0.3, 0.4) is 0 Å². The fraction of sp³-hybridized carbons (Fsp3) is 0.375. The highest BCUT2D eigenvalue weighted by Gasteiger charge is 2.31. The van der Waals surface area contributed by atoms with Gasteiger partial charge in [0.15, 0.2) is 0 Å². The Morgan fingerprint density at radius 2 is 2.20 bits per heavy atom. The van der Waals surface area contributed by atoms with Gasteiger partial charge in [0.25, 0.3) is 11.2 Å². The van der Waals surface area contributed by atoms with Crippen molar-refractivity contribution in [2.45, 2.75) is 31.6 Å². The zero-order valence-corrected chi connectivity index (χ0v) is 14.6. The van der Waals surface area contributed by atoms with Crippen molar-refractivity contribution in [1.29, 1.82) is 0 Å². The van der Waals surface area contributed by atoms with Crippen LogP contribution in [0.4, 0.5) is 11.5 Å². The third kappa shape index (κ3) is 3.19. The Balaban J connectivity index is 2.16. The lowest BCUT2D eigenvalue weighted by Crippen LogP contribution is -2.18. The molecule has 0 fully saturated rings. The molecule has 2 atom stereocenters. The van der Waals surface area contributed by atoms with Crippen molar-refractivity contribution in [3.63, 3.8) is 0 Å². The average Bonchev–Trinajstić information content (AvgIpc) is 2.80. The Hall–Kier alpha value is -2.55. The molecule has 1 aromatic carbocycles. The van der Waals surface area contributed by atoms with E-state index in [9.17, 15) is 19.7 Å². The molecule has 1 aromatic heterocycles. The number of anilines is 1. The van der Waals surface area contributed by atoms with E-state index < -0.39 is 10.2 Å². The Bertz CT molecular complexity index is 889. The van der Waals surface area contributed by atoms with E-state index in [1.807, 2.05) is 13.8 Å². The number of rotatable bonds is 4. The monoisotopic (exact) mass is 362 g/mol. The van der Waals surface area contributed by atoms with Crippen LogP contribution < -0.4 is 10.9 Å². The molecular weight excluding hydrogens is 344 g/mol. The zero-order chi connectivity index (χ0) is 18.1. The molecule has 132 valence electrons. The van der Waals surface area contributed by atoms with Crippen molar-refractivity contribution >= 4 is 29.2 Å². The standard InChI is InChI=1S/C16H18N4O4S/c1-3-9(2)19-15-13(16(22)18-19)14(25-8-12(21)17-15)10-5-4-6-11(7-10)20(23)24/h4-7,9,14H,3,8H2,1-2H3,(H,17,21)(H,18,22)/t9-,14+/m1/s1. The zero-order valence-electron chi connectivity index (χ0n) is 13.8. The molecule has 9 heteroatoms. The van der Waals surface area contributed by atoms with Crippen LogP contribution in [-0.4, -0.2) is 26.4 Å². The molecule has 1 aliphatic heterocycles. The van der Waals surface area contributed by atoms with Crippen LogP contribution in [0.15, 0.2) is 29.1 Å². The molecule has 2 aromatic rings. The van der Waals surface area contributed by atoms with Crippen LogP contribution >= 0.6 is 11.8 Å². The fourth-order valence-corrected chi connectivity index (χ4v) is 3.94. The summed E-state index contributed by atoms with van der Waals surface area (Å²) >= 11 is 1.29. The molecule has 3 rings (SSSR count). The third-order valence-electron chi connectivity index (χ3n) is 4.28. The van der Waals surface area contributed by atoms with Crippen molar-refractivity contribution < 1.29 is 9.72 Å². The van der Waals surface area contributed by atoms with Gasteiger partial charge >= 0.3 is 0 Å². The molecule has 0 aliphatic carbocycles. The maximum absolute atomic E-state index is 12.6. The molecule has 0 spiro atoms.